The number of nitrogens with zero attached hydrogens (tertiary/aromatic N) is 2. The molecule has 0 spiro atoms. The molecule has 164 valence electrons. The first kappa shape index (κ1) is 21.9. The highest BCUT2D eigenvalue weighted by Crippen LogP contribution is 2.27. The first-order valence-electron chi connectivity index (χ1n) is 9.94. The van der Waals surface area contributed by atoms with E-state index in [9.17, 15) is 19.2 Å². The van der Waals surface area contributed by atoms with E-state index in [2.05, 4.69) is 5.32 Å². The predicted octanol–water partition coefficient (Wildman–Crippen LogP) is 3.01. The van der Waals surface area contributed by atoms with Crippen molar-refractivity contribution >= 4 is 40.0 Å². The molecule has 9 heteroatoms. The molecule has 8 nitrogen and oxygen atoms in total. The van der Waals surface area contributed by atoms with E-state index in [1.807, 2.05) is 12.1 Å². The zero-order valence-electron chi connectivity index (χ0n) is 17.2. The average Bonchev–Trinajstić information content (AvgIpc) is 3.38. The van der Waals surface area contributed by atoms with E-state index in [1.165, 1.54) is 23.5 Å². The third kappa shape index (κ3) is 4.51. The molecule has 1 aliphatic rings. The van der Waals surface area contributed by atoms with Gasteiger partial charge < -0.3 is 10.1 Å². The molecule has 0 saturated heterocycles. The van der Waals surface area contributed by atoms with Crippen molar-refractivity contribution in [1.29, 1.82) is 5.26 Å². The predicted molar refractivity (Wildman–Crippen MR) is 119 cm³/mol. The zero-order valence-corrected chi connectivity index (χ0v) is 18.0. The van der Waals surface area contributed by atoms with E-state index >= 15 is 0 Å². The Balaban J connectivity index is 1.52. The van der Waals surface area contributed by atoms with Gasteiger partial charge >= 0.3 is 5.97 Å². The number of benzene rings is 2. The molecular weight excluding hydrogens is 442 g/mol. The van der Waals surface area contributed by atoms with Crippen molar-refractivity contribution in [1.82, 2.24) is 4.90 Å². The highest BCUT2D eigenvalue weighted by Gasteiger charge is 2.43. The highest BCUT2D eigenvalue weighted by molar-refractivity contribution is 7.14. The average molecular weight is 459 g/mol. The fourth-order valence-electron chi connectivity index (χ4n) is 3.50. The second-order valence-corrected chi connectivity index (χ2v) is 8.08. The maximum absolute atomic E-state index is 13.0. The van der Waals surface area contributed by atoms with E-state index in [1.54, 1.807) is 47.8 Å². The summed E-state index contributed by atoms with van der Waals surface area (Å²) < 4.78 is 5.19. The van der Waals surface area contributed by atoms with E-state index in [0.29, 0.717) is 10.6 Å². The molecule has 4 rings (SSSR count). The van der Waals surface area contributed by atoms with Crippen molar-refractivity contribution in [3.63, 3.8) is 0 Å². The van der Waals surface area contributed by atoms with Crippen molar-refractivity contribution in [2.75, 3.05) is 11.9 Å². The number of esters is 1. The molecule has 1 N–H and O–H groups in total. The summed E-state index contributed by atoms with van der Waals surface area (Å²) >= 11 is 1.17. The smallest absolute Gasteiger partial charge is 0.330 e. The second-order valence-electron chi connectivity index (χ2n) is 7.16. The summed E-state index contributed by atoms with van der Waals surface area (Å²) in [5, 5.41) is 13.6. The van der Waals surface area contributed by atoms with Crippen molar-refractivity contribution < 1.29 is 23.9 Å². The molecule has 0 saturated carbocycles. The molecule has 2 aromatic carbocycles. The molecule has 0 bridgehead atoms. The Labute approximate surface area is 193 Å². The van der Waals surface area contributed by atoms with Gasteiger partial charge in [0, 0.05) is 6.42 Å². The van der Waals surface area contributed by atoms with Gasteiger partial charge in [-0.1, -0.05) is 42.5 Å². The van der Waals surface area contributed by atoms with E-state index < -0.39 is 36.3 Å². The molecule has 2 heterocycles. The van der Waals surface area contributed by atoms with Gasteiger partial charge in [0.1, 0.15) is 17.1 Å². The van der Waals surface area contributed by atoms with Gasteiger partial charge in [0.15, 0.2) is 6.61 Å². The largest absolute Gasteiger partial charge is 0.454 e. The lowest BCUT2D eigenvalue weighted by atomic mass is 10.0. The second kappa shape index (κ2) is 9.46. The van der Waals surface area contributed by atoms with Crippen molar-refractivity contribution in [2.24, 2.45) is 0 Å². The van der Waals surface area contributed by atoms with E-state index in [4.69, 9.17) is 10.00 Å². The van der Waals surface area contributed by atoms with Crippen LogP contribution in [0.4, 0.5) is 5.00 Å². The molecule has 0 fully saturated rings. The summed E-state index contributed by atoms with van der Waals surface area (Å²) in [6, 6.07) is 17.5. The summed E-state index contributed by atoms with van der Waals surface area (Å²) in [5.41, 5.74) is 1.45. The first-order valence-corrected chi connectivity index (χ1v) is 10.8. The van der Waals surface area contributed by atoms with Gasteiger partial charge in [0.05, 0.1) is 16.7 Å². The van der Waals surface area contributed by atoms with Crippen molar-refractivity contribution in [3.8, 4) is 6.07 Å². The molecule has 1 unspecified atom stereocenters. The van der Waals surface area contributed by atoms with Gasteiger partial charge in [-0.2, -0.15) is 5.26 Å². The Morgan fingerprint density at radius 2 is 1.64 bits per heavy atom. The van der Waals surface area contributed by atoms with Crippen molar-refractivity contribution in [3.05, 3.63) is 88.3 Å². The standard InChI is InChI=1S/C24H17N3O5S/c25-13-16-10-11-33-21(16)26-20(28)14-32-24(31)19(12-15-6-2-1-3-7-15)27-22(29)17-8-4-5-9-18(17)23(27)30/h1-11,19H,12,14H2,(H,26,28). The number of rotatable bonds is 7. The maximum atomic E-state index is 13.0. The normalized spacial score (nSPS) is 13.2. The number of hydrogen-bond acceptors (Lipinski definition) is 7. The highest BCUT2D eigenvalue weighted by atomic mass is 32.1. The van der Waals surface area contributed by atoms with Crippen LogP contribution in [0.25, 0.3) is 0 Å². The van der Waals surface area contributed by atoms with Crippen LogP contribution >= 0.6 is 11.3 Å². The number of fused-ring (bicyclic) bond motifs is 1. The number of carbonyl (C=O) groups excluding carboxylic acids is 4. The summed E-state index contributed by atoms with van der Waals surface area (Å²) in [6.07, 6.45) is 0.0380. The number of imide groups is 1. The summed E-state index contributed by atoms with van der Waals surface area (Å²) in [7, 11) is 0. The van der Waals surface area contributed by atoms with E-state index in [0.717, 1.165) is 10.5 Å². The minimum absolute atomic E-state index is 0.0380. The number of thiophene rings is 1. The Hall–Kier alpha value is -4.29. The topological polar surface area (TPSA) is 117 Å². The molecule has 33 heavy (non-hydrogen) atoms. The minimum Gasteiger partial charge on any atom is -0.454 e. The number of nitriles is 1. The number of ether oxygens (including phenoxy) is 1. The van der Waals surface area contributed by atoms with Gasteiger partial charge in [0.2, 0.25) is 0 Å². The van der Waals surface area contributed by atoms with Gasteiger partial charge in [-0.25, -0.2) is 4.79 Å². The SMILES string of the molecule is N#Cc1ccsc1NC(=O)COC(=O)C(Cc1ccccc1)N1C(=O)c2ccccc2C1=O. The lowest BCUT2D eigenvalue weighted by Crippen LogP contribution is -2.47. The quantitative estimate of drug-likeness (QED) is 0.429. The van der Waals surface area contributed by atoms with Crippen LogP contribution < -0.4 is 5.32 Å². The van der Waals surface area contributed by atoms with Gasteiger partial charge in [0.25, 0.3) is 17.7 Å². The molecule has 3 amide bonds. The van der Waals surface area contributed by atoms with Crippen LogP contribution in [-0.4, -0.2) is 41.2 Å². The lowest BCUT2D eigenvalue weighted by Gasteiger charge is -2.24. The van der Waals surface area contributed by atoms with Crippen LogP contribution in [-0.2, 0) is 20.7 Å². The zero-order chi connectivity index (χ0) is 23.4. The van der Waals surface area contributed by atoms with Gasteiger partial charge in [-0.3, -0.25) is 19.3 Å². The third-order valence-corrected chi connectivity index (χ3v) is 5.90. The molecule has 0 radical (unpaired) electrons. The molecular formula is C24H17N3O5S. The fraction of sp³-hybridized carbons (Fsp3) is 0.125. The third-order valence-electron chi connectivity index (χ3n) is 5.07. The van der Waals surface area contributed by atoms with Crippen LogP contribution in [0.1, 0.15) is 31.8 Å². The van der Waals surface area contributed by atoms with Crippen LogP contribution in [0.5, 0.6) is 0 Å². The Morgan fingerprint density at radius 3 is 2.27 bits per heavy atom. The number of nitrogens with one attached hydrogen (secondary N) is 1. The Bertz CT molecular complexity index is 1240. The number of hydrogen-bond donors (Lipinski definition) is 1. The molecule has 1 aliphatic heterocycles. The number of carbonyl (C=O) groups is 4. The van der Waals surface area contributed by atoms with Gasteiger partial charge in [-0.15, -0.1) is 11.3 Å². The number of amides is 3. The van der Waals surface area contributed by atoms with Crippen LogP contribution in [0.2, 0.25) is 0 Å². The van der Waals surface area contributed by atoms with Gasteiger partial charge in [-0.05, 0) is 29.1 Å². The fourth-order valence-corrected chi connectivity index (χ4v) is 4.25. The maximum Gasteiger partial charge on any atom is 0.330 e. The molecule has 1 atom stereocenters. The number of anilines is 1. The Kier molecular flexibility index (Phi) is 6.29. The van der Waals surface area contributed by atoms with Crippen LogP contribution in [0.15, 0.2) is 66.0 Å². The lowest BCUT2D eigenvalue weighted by molar-refractivity contribution is -0.151. The molecule has 0 aliphatic carbocycles. The minimum atomic E-state index is -1.25. The summed E-state index contributed by atoms with van der Waals surface area (Å²) in [5.74, 6) is -2.69. The molecule has 3 aromatic rings. The van der Waals surface area contributed by atoms with Crippen molar-refractivity contribution in [2.45, 2.75) is 12.5 Å². The monoisotopic (exact) mass is 459 g/mol. The first-order chi connectivity index (χ1) is 16.0. The summed E-state index contributed by atoms with van der Waals surface area (Å²) in [4.78, 5) is 52.1. The van der Waals surface area contributed by atoms with Crippen LogP contribution in [0, 0.1) is 11.3 Å². The van der Waals surface area contributed by atoms with E-state index in [-0.39, 0.29) is 17.5 Å². The Morgan fingerprint density at radius 1 is 1.00 bits per heavy atom. The summed E-state index contributed by atoms with van der Waals surface area (Å²) in [6.45, 7) is -0.629. The van der Waals surface area contributed by atoms with Crippen LogP contribution in [0.3, 0.4) is 0 Å². The molecule has 1 aromatic heterocycles.